The van der Waals surface area contributed by atoms with Gasteiger partial charge >= 0.3 is 6.18 Å². The Morgan fingerprint density at radius 1 is 1.23 bits per heavy atom. The number of anilines is 2. The lowest BCUT2D eigenvalue weighted by Crippen LogP contribution is -2.49. The van der Waals surface area contributed by atoms with Crippen molar-refractivity contribution in [2.45, 2.75) is 38.0 Å². The molecular formula is C18H18F4N2O2. The van der Waals surface area contributed by atoms with Crippen LogP contribution in [-0.4, -0.2) is 18.9 Å². The minimum absolute atomic E-state index is 0.0524. The number of fused-ring (bicyclic) bond motifs is 2. The summed E-state index contributed by atoms with van der Waals surface area (Å²) in [5.41, 5.74) is -2.99. The summed E-state index contributed by atoms with van der Waals surface area (Å²) in [6.07, 6.45) is -4.37. The van der Waals surface area contributed by atoms with E-state index in [4.69, 9.17) is 4.74 Å². The second-order valence-electron chi connectivity index (χ2n) is 6.48. The van der Waals surface area contributed by atoms with Crippen LogP contribution in [0.25, 0.3) is 0 Å². The fourth-order valence-electron chi connectivity index (χ4n) is 3.37. The Bertz CT molecular complexity index is 819. The second kappa shape index (κ2) is 6.42. The van der Waals surface area contributed by atoms with Gasteiger partial charge < -0.3 is 9.94 Å². The molecule has 26 heavy (non-hydrogen) atoms. The molecule has 8 heteroatoms. The number of nitrogens with zero attached hydrogens (tertiary/aromatic N) is 1. The molecule has 0 radical (unpaired) electrons. The minimum atomic E-state index is -4.76. The van der Waals surface area contributed by atoms with Crippen LogP contribution in [0.15, 0.2) is 36.5 Å². The van der Waals surface area contributed by atoms with E-state index in [2.05, 4.69) is 5.32 Å². The van der Waals surface area contributed by atoms with Crippen molar-refractivity contribution in [2.24, 2.45) is 0 Å². The molecule has 0 amide bonds. The summed E-state index contributed by atoms with van der Waals surface area (Å²) < 4.78 is 62.8. The lowest BCUT2D eigenvalue weighted by Gasteiger charge is -2.40. The Labute approximate surface area is 148 Å². The van der Waals surface area contributed by atoms with Crippen LogP contribution < -0.4 is 10.0 Å². The normalized spacial score (nSPS) is 19.0. The maximum Gasteiger partial charge on any atom is 0.402 e. The molecule has 1 atom stereocenters. The highest BCUT2D eigenvalue weighted by atomic mass is 19.4. The van der Waals surface area contributed by atoms with Gasteiger partial charge in [-0.15, -0.1) is 0 Å². The molecule has 1 unspecified atom stereocenters. The van der Waals surface area contributed by atoms with Crippen LogP contribution in [0.4, 0.5) is 29.1 Å². The zero-order valence-electron chi connectivity index (χ0n) is 14.2. The SMILES string of the molecule is CC(C)OCCC1(C(F)(F)F)c2cc(F)ccc2Nc2c1ccc[n+]2[O-]. The minimum Gasteiger partial charge on any atom is -0.711 e. The average molecular weight is 370 g/mol. The molecule has 0 spiro atoms. The smallest absolute Gasteiger partial charge is 0.402 e. The summed E-state index contributed by atoms with van der Waals surface area (Å²) in [5, 5.41) is 14.8. The van der Waals surface area contributed by atoms with Crippen molar-refractivity contribution in [2.75, 3.05) is 11.9 Å². The van der Waals surface area contributed by atoms with Gasteiger partial charge in [-0.3, -0.25) is 0 Å². The first-order valence-corrected chi connectivity index (χ1v) is 8.15. The first kappa shape index (κ1) is 18.4. The van der Waals surface area contributed by atoms with Gasteiger partial charge in [0.05, 0.1) is 17.9 Å². The summed E-state index contributed by atoms with van der Waals surface area (Å²) in [6.45, 7) is 3.24. The Morgan fingerprint density at radius 3 is 2.62 bits per heavy atom. The largest absolute Gasteiger partial charge is 0.711 e. The molecule has 0 bridgehead atoms. The van der Waals surface area contributed by atoms with Gasteiger partial charge in [0.1, 0.15) is 16.9 Å². The van der Waals surface area contributed by atoms with Crippen LogP contribution in [0.5, 0.6) is 0 Å². The van der Waals surface area contributed by atoms with Crippen molar-refractivity contribution in [3.63, 3.8) is 0 Å². The number of halogens is 4. The fraction of sp³-hybridized carbons (Fsp3) is 0.389. The molecule has 2 aromatic rings. The number of benzene rings is 1. The molecule has 0 saturated heterocycles. The topological polar surface area (TPSA) is 48.2 Å². The quantitative estimate of drug-likeness (QED) is 0.499. The van der Waals surface area contributed by atoms with Crippen molar-refractivity contribution < 1.29 is 27.0 Å². The van der Waals surface area contributed by atoms with E-state index in [1.165, 1.54) is 18.2 Å². The lowest BCUT2D eigenvalue weighted by molar-refractivity contribution is -0.590. The van der Waals surface area contributed by atoms with E-state index >= 15 is 0 Å². The third kappa shape index (κ3) is 2.88. The molecule has 0 fully saturated rings. The first-order chi connectivity index (χ1) is 12.2. The van der Waals surface area contributed by atoms with Crippen LogP contribution in [-0.2, 0) is 10.2 Å². The second-order valence-corrected chi connectivity index (χ2v) is 6.48. The summed E-state index contributed by atoms with van der Waals surface area (Å²) >= 11 is 0. The number of nitrogens with one attached hydrogen (secondary N) is 1. The third-order valence-corrected chi connectivity index (χ3v) is 4.53. The van der Waals surface area contributed by atoms with Crippen molar-refractivity contribution in [3.05, 3.63) is 58.7 Å². The molecule has 2 heterocycles. The Balaban J connectivity index is 2.27. The standard InChI is InChI=1S/C18H18F4N2O2/c1-11(2)26-9-7-17(18(20,21)22)13-4-3-8-24(25)16(13)23-15-6-5-12(19)10-14(15)17/h3-6,8,10-11,23H,7,9H2,1-2H3. The van der Waals surface area contributed by atoms with Crippen molar-refractivity contribution in [1.29, 1.82) is 0 Å². The highest BCUT2D eigenvalue weighted by molar-refractivity contribution is 5.72. The van der Waals surface area contributed by atoms with Gasteiger partial charge in [0, 0.05) is 12.2 Å². The summed E-state index contributed by atoms with van der Waals surface area (Å²) in [7, 11) is 0. The highest BCUT2D eigenvalue weighted by Crippen LogP contribution is 2.55. The molecule has 1 aliphatic rings. The van der Waals surface area contributed by atoms with Gasteiger partial charge in [-0.2, -0.15) is 13.2 Å². The van der Waals surface area contributed by atoms with Gasteiger partial charge in [0.25, 0.3) is 5.82 Å². The van der Waals surface area contributed by atoms with E-state index in [1.807, 2.05) is 0 Å². The molecule has 1 aromatic carbocycles. The number of hydrogen-bond acceptors (Lipinski definition) is 3. The van der Waals surface area contributed by atoms with Crippen molar-refractivity contribution in [3.8, 4) is 0 Å². The zero-order valence-corrected chi connectivity index (χ0v) is 14.2. The van der Waals surface area contributed by atoms with Gasteiger partial charge in [-0.25, -0.2) is 14.4 Å². The van der Waals surface area contributed by atoms with Crippen LogP contribution in [0, 0.1) is 11.0 Å². The molecule has 140 valence electrons. The molecule has 1 aliphatic heterocycles. The molecule has 0 saturated carbocycles. The van der Waals surface area contributed by atoms with Crippen LogP contribution in [0.3, 0.4) is 0 Å². The van der Waals surface area contributed by atoms with Gasteiger partial charge in [0.15, 0.2) is 0 Å². The number of aromatic nitrogens is 1. The van der Waals surface area contributed by atoms with E-state index in [-0.39, 0.29) is 35.3 Å². The van der Waals surface area contributed by atoms with E-state index in [0.717, 1.165) is 18.3 Å². The predicted octanol–water partition coefficient (Wildman–Crippen LogP) is 4.18. The predicted molar refractivity (Wildman–Crippen MR) is 87.6 cm³/mol. The Morgan fingerprint density at radius 2 is 1.96 bits per heavy atom. The van der Waals surface area contributed by atoms with E-state index in [0.29, 0.717) is 4.73 Å². The Hall–Kier alpha value is -2.35. The van der Waals surface area contributed by atoms with E-state index in [9.17, 15) is 22.8 Å². The van der Waals surface area contributed by atoms with Crippen molar-refractivity contribution >= 4 is 11.5 Å². The fourth-order valence-corrected chi connectivity index (χ4v) is 3.37. The van der Waals surface area contributed by atoms with Crippen LogP contribution in [0.1, 0.15) is 31.4 Å². The average Bonchev–Trinajstić information content (AvgIpc) is 2.54. The van der Waals surface area contributed by atoms with Gasteiger partial charge in [-0.05, 0) is 50.6 Å². The number of ether oxygens (including phenoxy) is 1. The molecule has 4 nitrogen and oxygen atoms in total. The van der Waals surface area contributed by atoms with E-state index < -0.39 is 23.8 Å². The van der Waals surface area contributed by atoms with Gasteiger partial charge in [-0.1, -0.05) is 0 Å². The first-order valence-electron chi connectivity index (χ1n) is 8.15. The van der Waals surface area contributed by atoms with Crippen LogP contribution in [0.2, 0.25) is 0 Å². The molecule has 1 aromatic heterocycles. The molecule has 3 rings (SSSR count). The maximum absolute atomic E-state index is 14.4. The summed E-state index contributed by atoms with van der Waals surface area (Å²) in [4.78, 5) is 0. The Kier molecular flexibility index (Phi) is 4.56. The van der Waals surface area contributed by atoms with Crippen LogP contribution >= 0.6 is 0 Å². The molecule has 1 N–H and O–H groups in total. The number of pyridine rings is 1. The van der Waals surface area contributed by atoms with Gasteiger partial charge in [0.2, 0.25) is 0 Å². The summed E-state index contributed by atoms with van der Waals surface area (Å²) in [5.74, 6) is -0.994. The molecule has 0 aliphatic carbocycles. The zero-order chi connectivity index (χ0) is 19.1. The number of rotatable bonds is 4. The maximum atomic E-state index is 14.4. The highest BCUT2D eigenvalue weighted by Gasteiger charge is 2.62. The summed E-state index contributed by atoms with van der Waals surface area (Å²) in [6, 6.07) is 5.64. The third-order valence-electron chi connectivity index (χ3n) is 4.53. The van der Waals surface area contributed by atoms with E-state index in [1.54, 1.807) is 13.8 Å². The lowest BCUT2D eigenvalue weighted by atomic mass is 9.69. The number of alkyl halides is 3. The molecular weight excluding hydrogens is 352 g/mol. The van der Waals surface area contributed by atoms with Crippen molar-refractivity contribution in [1.82, 2.24) is 0 Å². The number of hydrogen-bond donors (Lipinski definition) is 1. The monoisotopic (exact) mass is 370 g/mol.